The molecule has 0 aliphatic heterocycles. The van der Waals surface area contributed by atoms with Crippen molar-refractivity contribution < 1.29 is 15.0 Å². The van der Waals surface area contributed by atoms with E-state index >= 15 is 0 Å². The highest BCUT2D eigenvalue weighted by Crippen LogP contribution is 2.15. The fourth-order valence-corrected chi connectivity index (χ4v) is 7.02. The summed E-state index contributed by atoms with van der Waals surface area (Å²) in [4.78, 5) is 12.4. The largest absolute Gasteiger partial charge is 0.394 e. The van der Waals surface area contributed by atoms with Crippen LogP contribution in [0.5, 0.6) is 0 Å². The van der Waals surface area contributed by atoms with Gasteiger partial charge in [-0.2, -0.15) is 0 Å². The highest BCUT2D eigenvalue weighted by Gasteiger charge is 2.17. The van der Waals surface area contributed by atoms with Crippen molar-refractivity contribution in [2.75, 3.05) is 6.61 Å². The maximum Gasteiger partial charge on any atom is 0.220 e. The van der Waals surface area contributed by atoms with Crippen LogP contribution in [-0.4, -0.2) is 34.9 Å². The van der Waals surface area contributed by atoms with E-state index in [9.17, 15) is 15.0 Å². The van der Waals surface area contributed by atoms with Gasteiger partial charge in [-0.1, -0.05) is 233 Å². The zero-order chi connectivity index (χ0) is 42.8. The smallest absolute Gasteiger partial charge is 0.220 e. The van der Waals surface area contributed by atoms with Crippen LogP contribution in [0.1, 0.15) is 226 Å². The second-order valence-electron chi connectivity index (χ2n) is 16.5. The van der Waals surface area contributed by atoms with E-state index in [1.54, 1.807) is 6.08 Å². The number of carbonyl (C=O) groups excluding carboxylic acids is 1. The molecule has 0 aromatic carbocycles. The van der Waals surface area contributed by atoms with Gasteiger partial charge in [0.2, 0.25) is 5.91 Å². The molecule has 0 saturated heterocycles. The summed E-state index contributed by atoms with van der Waals surface area (Å²) in [6.45, 7) is 4.17. The Balaban J connectivity index is 3.67. The number of allylic oxidation sites excluding steroid dienone is 15. The molecule has 0 aromatic rings. The van der Waals surface area contributed by atoms with Gasteiger partial charge in [0, 0.05) is 6.42 Å². The van der Waals surface area contributed by atoms with Gasteiger partial charge in [0.15, 0.2) is 0 Å². The molecule has 338 valence electrons. The van der Waals surface area contributed by atoms with Gasteiger partial charge in [-0.25, -0.2) is 0 Å². The van der Waals surface area contributed by atoms with Crippen molar-refractivity contribution in [1.29, 1.82) is 0 Å². The Morgan fingerprint density at radius 1 is 0.424 bits per heavy atom. The fraction of sp³-hybridized carbons (Fsp3) is 0.691. The molecule has 2 atom stereocenters. The van der Waals surface area contributed by atoms with Gasteiger partial charge in [-0.05, 0) is 83.5 Å². The van der Waals surface area contributed by atoms with Crippen LogP contribution < -0.4 is 5.32 Å². The minimum absolute atomic E-state index is 0.118. The monoisotopic (exact) mass is 818 g/mol. The lowest BCUT2D eigenvalue weighted by Crippen LogP contribution is -2.45. The molecule has 59 heavy (non-hydrogen) atoms. The number of hydrogen-bond donors (Lipinski definition) is 3. The van der Waals surface area contributed by atoms with Crippen molar-refractivity contribution in [2.24, 2.45) is 0 Å². The first-order valence-electron chi connectivity index (χ1n) is 25.0. The summed E-state index contributed by atoms with van der Waals surface area (Å²) in [5, 5.41) is 23.0. The molecular formula is C55H95NO3. The highest BCUT2D eigenvalue weighted by molar-refractivity contribution is 5.76. The van der Waals surface area contributed by atoms with Gasteiger partial charge < -0.3 is 15.5 Å². The Morgan fingerprint density at radius 2 is 0.763 bits per heavy atom. The van der Waals surface area contributed by atoms with Crippen molar-refractivity contribution in [3.8, 4) is 0 Å². The fourth-order valence-electron chi connectivity index (χ4n) is 7.02. The van der Waals surface area contributed by atoms with Gasteiger partial charge >= 0.3 is 0 Å². The van der Waals surface area contributed by atoms with Crippen molar-refractivity contribution in [3.05, 3.63) is 97.2 Å². The lowest BCUT2D eigenvalue weighted by Gasteiger charge is -2.19. The van der Waals surface area contributed by atoms with E-state index in [2.05, 4.69) is 104 Å². The number of amides is 1. The summed E-state index contributed by atoms with van der Waals surface area (Å²) < 4.78 is 0. The van der Waals surface area contributed by atoms with Crippen LogP contribution in [0.4, 0.5) is 0 Å². The first-order valence-corrected chi connectivity index (χ1v) is 25.0. The van der Waals surface area contributed by atoms with Crippen LogP contribution in [0, 0.1) is 0 Å². The van der Waals surface area contributed by atoms with Crippen molar-refractivity contribution in [1.82, 2.24) is 5.32 Å². The molecule has 0 radical (unpaired) electrons. The molecule has 0 spiro atoms. The molecule has 0 aliphatic carbocycles. The standard InChI is InChI=1S/C55H95NO3/c1-3-5-7-9-11-13-15-17-19-21-23-25-26-27-28-29-31-32-34-36-38-40-42-44-46-48-50-54(58)53(52-57)56-55(59)51-49-47-45-43-41-39-37-35-33-30-24-22-20-18-16-14-12-10-8-6-4-2/h6,8,12,14,18,20,24,30,35,37,40-43,48,50,53-54,57-58H,3-5,7,9-11,13,15-17,19,21-23,25-29,31-34,36,38-39,44-47,49,51-52H2,1-2H3,(H,56,59)/b8-6-,14-12-,20-18-,30-24-,37-35-,42-40+,43-41-,50-48+. The quantitative estimate of drug-likeness (QED) is 0.0424. The first kappa shape index (κ1) is 56.3. The molecule has 2 unspecified atom stereocenters. The highest BCUT2D eigenvalue weighted by atomic mass is 16.3. The number of hydrogen-bond acceptors (Lipinski definition) is 3. The number of rotatable bonds is 44. The third-order valence-electron chi connectivity index (χ3n) is 10.8. The Kier molecular flexibility index (Phi) is 47.4. The molecule has 0 fully saturated rings. The van der Waals surface area contributed by atoms with E-state index in [1.807, 2.05) is 6.08 Å². The van der Waals surface area contributed by atoms with Gasteiger partial charge in [-0.3, -0.25) is 4.79 Å². The Hall–Kier alpha value is -2.69. The molecular weight excluding hydrogens is 723 g/mol. The molecule has 4 nitrogen and oxygen atoms in total. The molecule has 0 heterocycles. The SMILES string of the molecule is CC/C=C\C/C=C\C/C=C\C/C=C\C/C=C\C/C=C\CCCCC(=O)NC(CO)C(O)/C=C/CC/C=C/CCCCCCCCCCCCCCCCCCCCCC. The average Bonchev–Trinajstić information content (AvgIpc) is 3.24. The van der Waals surface area contributed by atoms with E-state index < -0.39 is 12.1 Å². The van der Waals surface area contributed by atoms with Gasteiger partial charge in [-0.15, -0.1) is 0 Å². The minimum atomic E-state index is -0.888. The normalized spacial score (nSPS) is 13.8. The number of aliphatic hydroxyl groups excluding tert-OH is 2. The Morgan fingerprint density at radius 3 is 1.19 bits per heavy atom. The van der Waals surface area contributed by atoms with Crippen molar-refractivity contribution in [2.45, 2.75) is 238 Å². The predicted octanol–water partition coefficient (Wildman–Crippen LogP) is 16.2. The molecule has 0 rings (SSSR count). The topological polar surface area (TPSA) is 69.6 Å². The van der Waals surface area contributed by atoms with Crippen LogP contribution in [0.25, 0.3) is 0 Å². The van der Waals surface area contributed by atoms with Gasteiger partial charge in [0.25, 0.3) is 0 Å². The van der Waals surface area contributed by atoms with E-state index in [4.69, 9.17) is 0 Å². The molecule has 3 N–H and O–H groups in total. The van der Waals surface area contributed by atoms with Gasteiger partial charge in [0.1, 0.15) is 0 Å². The average molecular weight is 818 g/mol. The van der Waals surface area contributed by atoms with Crippen LogP contribution in [0.3, 0.4) is 0 Å². The van der Waals surface area contributed by atoms with E-state index in [-0.39, 0.29) is 12.5 Å². The summed E-state index contributed by atoms with van der Waals surface area (Å²) in [6.07, 6.45) is 74.0. The van der Waals surface area contributed by atoms with Crippen LogP contribution in [-0.2, 0) is 4.79 Å². The molecule has 0 saturated carbocycles. The summed E-state index contributed by atoms with van der Waals surface area (Å²) in [5.41, 5.74) is 0. The molecule has 4 heteroatoms. The minimum Gasteiger partial charge on any atom is -0.394 e. The zero-order valence-electron chi connectivity index (χ0n) is 38.7. The van der Waals surface area contributed by atoms with Gasteiger partial charge in [0.05, 0.1) is 18.8 Å². The number of unbranched alkanes of at least 4 members (excludes halogenated alkanes) is 23. The maximum atomic E-state index is 12.4. The van der Waals surface area contributed by atoms with Crippen LogP contribution >= 0.6 is 0 Å². The summed E-state index contributed by atoms with van der Waals surface area (Å²) >= 11 is 0. The molecule has 0 bridgehead atoms. The second-order valence-corrected chi connectivity index (χ2v) is 16.5. The van der Waals surface area contributed by atoms with Crippen molar-refractivity contribution in [3.63, 3.8) is 0 Å². The number of aliphatic hydroxyl groups is 2. The van der Waals surface area contributed by atoms with Crippen molar-refractivity contribution >= 4 is 5.91 Å². The lowest BCUT2D eigenvalue weighted by molar-refractivity contribution is -0.123. The van der Waals surface area contributed by atoms with Crippen LogP contribution in [0.15, 0.2) is 97.2 Å². The lowest BCUT2D eigenvalue weighted by atomic mass is 10.0. The first-order chi connectivity index (χ1) is 29.2. The molecule has 1 amide bonds. The maximum absolute atomic E-state index is 12.4. The number of carbonyl (C=O) groups is 1. The predicted molar refractivity (Wildman–Crippen MR) is 262 cm³/mol. The van der Waals surface area contributed by atoms with E-state index in [1.165, 1.54) is 128 Å². The third kappa shape index (κ3) is 46.2. The third-order valence-corrected chi connectivity index (χ3v) is 10.8. The summed E-state index contributed by atoms with van der Waals surface area (Å²) in [6, 6.07) is -0.670. The van der Waals surface area contributed by atoms with E-state index in [0.717, 1.165) is 77.0 Å². The zero-order valence-corrected chi connectivity index (χ0v) is 38.7. The Bertz CT molecular complexity index is 1110. The molecule has 0 aliphatic rings. The van der Waals surface area contributed by atoms with Crippen LogP contribution in [0.2, 0.25) is 0 Å². The van der Waals surface area contributed by atoms with E-state index in [0.29, 0.717) is 6.42 Å². The number of nitrogens with one attached hydrogen (secondary N) is 1. The molecule has 0 aromatic heterocycles. The Labute approximate surface area is 366 Å². The second kappa shape index (κ2) is 49.7. The summed E-state index contributed by atoms with van der Waals surface area (Å²) in [7, 11) is 0. The summed E-state index contributed by atoms with van der Waals surface area (Å²) in [5.74, 6) is -0.118.